The van der Waals surface area contributed by atoms with E-state index in [1.807, 2.05) is 13.8 Å². The van der Waals surface area contributed by atoms with Crippen LogP contribution in [0.25, 0.3) is 11.3 Å². The van der Waals surface area contributed by atoms with Crippen LogP contribution < -0.4 is 5.73 Å². The number of sulfone groups is 1. The average molecular weight is 528 g/mol. The minimum atomic E-state index is -3.51. The molecule has 3 N–H and O–H groups in total. The number of carbonyl (C=O) groups excluding carboxylic acids is 1. The van der Waals surface area contributed by atoms with Crippen molar-refractivity contribution in [1.82, 2.24) is 9.97 Å². The van der Waals surface area contributed by atoms with Gasteiger partial charge in [-0.15, -0.1) is 0 Å². The molecule has 2 aromatic heterocycles. The van der Waals surface area contributed by atoms with Crippen LogP contribution in [0.3, 0.4) is 0 Å². The fourth-order valence-electron chi connectivity index (χ4n) is 4.54. The number of aromatic nitrogens is 2. The Morgan fingerprint density at radius 1 is 1.24 bits per heavy atom. The third-order valence-corrected chi connectivity index (χ3v) is 7.66. The lowest BCUT2D eigenvalue weighted by Gasteiger charge is -2.40. The van der Waals surface area contributed by atoms with Gasteiger partial charge < -0.3 is 15.6 Å². The van der Waals surface area contributed by atoms with Crippen molar-refractivity contribution < 1.29 is 27.4 Å². The van der Waals surface area contributed by atoms with Crippen molar-refractivity contribution in [2.45, 2.75) is 55.9 Å². The van der Waals surface area contributed by atoms with Crippen LogP contribution in [-0.2, 0) is 21.0 Å². The molecule has 1 aliphatic rings. The number of ketones is 1. The molecule has 0 aliphatic carbocycles. The molecule has 0 bridgehead atoms. The number of nitrogens with two attached hydrogens (primary N) is 1. The summed E-state index contributed by atoms with van der Waals surface area (Å²) in [6, 6.07) is 9.52. The van der Waals surface area contributed by atoms with Crippen LogP contribution in [0.15, 0.2) is 59.8 Å². The Balaban J connectivity index is 1.62. The van der Waals surface area contributed by atoms with Gasteiger partial charge in [-0.25, -0.2) is 17.8 Å². The molecule has 0 spiro atoms. The topological polar surface area (TPSA) is 132 Å². The van der Waals surface area contributed by atoms with Crippen molar-refractivity contribution in [2.75, 3.05) is 6.26 Å². The average Bonchev–Trinajstić information content (AvgIpc) is 2.85. The molecular weight excluding hydrogens is 497 g/mol. The first kappa shape index (κ1) is 27.0. The fraction of sp³-hybridized carbons (Fsp3) is 0.370. The summed E-state index contributed by atoms with van der Waals surface area (Å²) in [7, 11) is -3.51. The molecule has 196 valence electrons. The number of rotatable bonds is 7. The summed E-state index contributed by atoms with van der Waals surface area (Å²) >= 11 is 0. The molecule has 0 amide bonds. The van der Waals surface area contributed by atoms with E-state index in [2.05, 4.69) is 9.97 Å². The van der Waals surface area contributed by atoms with E-state index >= 15 is 0 Å². The SMILES string of the molecule is CC(C)[C@H]1O[C@@H](c2ccncc2CC(=O)c2ccc(F)c(-c3cccc(S(C)(=O)=O)c3)n2)C[C@@H](N)[C@@H]1O. The van der Waals surface area contributed by atoms with E-state index in [-0.39, 0.29) is 40.0 Å². The molecule has 1 aliphatic heterocycles. The monoisotopic (exact) mass is 527 g/mol. The van der Waals surface area contributed by atoms with Crippen molar-refractivity contribution >= 4 is 15.6 Å². The number of aliphatic hydroxyl groups is 1. The highest BCUT2D eigenvalue weighted by Gasteiger charge is 2.38. The van der Waals surface area contributed by atoms with Crippen LogP contribution >= 0.6 is 0 Å². The summed E-state index contributed by atoms with van der Waals surface area (Å²) in [5, 5.41) is 10.5. The Bertz CT molecular complexity index is 1410. The van der Waals surface area contributed by atoms with Gasteiger partial charge in [0.1, 0.15) is 17.2 Å². The van der Waals surface area contributed by atoms with Gasteiger partial charge in [0, 0.05) is 36.7 Å². The van der Waals surface area contributed by atoms with Crippen LogP contribution in [0.1, 0.15) is 48.0 Å². The smallest absolute Gasteiger partial charge is 0.185 e. The highest BCUT2D eigenvalue weighted by Crippen LogP contribution is 2.35. The first-order valence-corrected chi connectivity index (χ1v) is 13.9. The van der Waals surface area contributed by atoms with Crippen LogP contribution in [0.5, 0.6) is 0 Å². The number of nitrogens with zero attached hydrogens (tertiary/aromatic N) is 2. The predicted octanol–water partition coefficient (Wildman–Crippen LogP) is 3.29. The lowest BCUT2D eigenvalue weighted by Crippen LogP contribution is -2.52. The third-order valence-electron chi connectivity index (χ3n) is 6.55. The van der Waals surface area contributed by atoms with E-state index < -0.39 is 40.0 Å². The van der Waals surface area contributed by atoms with E-state index in [4.69, 9.17) is 10.5 Å². The molecule has 0 radical (unpaired) electrons. The Hall–Kier alpha value is -3.05. The van der Waals surface area contributed by atoms with Crippen molar-refractivity contribution in [3.63, 3.8) is 0 Å². The largest absolute Gasteiger partial charge is 0.389 e. The summed E-state index contributed by atoms with van der Waals surface area (Å²) < 4.78 is 44.7. The van der Waals surface area contributed by atoms with E-state index in [9.17, 15) is 22.7 Å². The second kappa shape index (κ2) is 10.7. The minimum absolute atomic E-state index is 0.0263. The Labute approximate surface area is 215 Å². The van der Waals surface area contributed by atoms with Gasteiger partial charge in [0.2, 0.25) is 0 Å². The minimum Gasteiger partial charge on any atom is -0.389 e. The van der Waals surface area contributed by atoms with Crippen molar-refractivity contribution in [1.29, 1.82) is 0 Å². The summed E-state index contributed by atoms with van der Waals surface area (Å²) in [6.45, 7) is 3.90. The number of aliphatic hydroxyl groups excluding tert-OH is 1. The number of halogens is 1. The standard InChI is InChI=1S/C27H30FN3O5S/c1-15(2)27-26(33)21(29)13-24(36-27)19-9-10-30-14-17(19)12-23(32)22-8-7-20(28)25(31-22)16-5-4-6-18(11-16)37(3,34)35/h4-11,14-15,21,24,26-27,33H,12-13,29H2,1-3H3/t21-,24-,26+,27-/m1/s1. The highest BCUT2D eigenvalue weighted by molar-refractivity contribution is 7.90. The summed E-state index contributed by atoms with van der Waals surface area (Å²) in [5.74, 6) is -0.999. The molecule has 10 heteroatoms. The number of hydrogen-bond acceptors (Lipinski definition) is 8. The molecule has 0 unspecified atom stereocenters. The van der Waals surface area contributed by atoms with Gasteiger partial charge in [0.05, 0.1) is 23.2 Å². The lowest BCUT2D eigenvalue weighted by molar-refractivity contribution is -0.145. The Kier molecular flexibility index (Phi) is 7.84. The molecule has 3 heterocycles. The molecule has 1 fully saturated rings. The van der Waals surface area contributed by atoms with Crippen molar-refractivity contribution in [2.24, 2.45) is 11.7 Å². The van der Waals surface area contributed by atoms with E-state index in [0.29, 0.717) is 12.0 Å². The van der Waals surface area contributed by atoms with Gasteiger partial charge in [-0.2, -0.15) is 0 Å². The summed E-state index contributed by atoms with van der Waals surface area (Å²) in [5.41, 5.74) is 7.75. The number of ether oxygens (including phenoxy) is 1. The number of Topliss-reactive ketones (excluding diaryl/α,β-unsaturated/α-hetero) is 1. The maximum atomic E-state index is 14.7. The first-order chi connectivity index (χ1) is 17.5. The normalized spacial score (nSPS) is 22.2. The molecule has 1 aromatic carbocycles. The van der Waals surface area contributed by atoms with Crippen molar-refractivity contribution in [3.05, 3.63) is 77.5 Å². The van der Waals surface area contributed by atoms with Gasteiger partial charge in [-0.3, -0.25) is 9.78 Å². The van der Waals surface area contributed by atoms with Gasteiger partial charge in [-0.05, 0) is 53.8 Å². The zero-order valence-corrected chi connectivity index (χ0v) is 21.7. The fourth-order valence-corrected chi connectivity index (χ4v) is 5.21. The summed E-state index contributed by atoms with van der Waals surface area (Å²) in [4.78, 5) is 21.7. The molecule has 4 rings (SSSR count). The molecule has 4 atom stereocenters. The van der Waals surface area contributed by atoms with Gasteiger partial charge >= 0.3 is 0 Å². The Morgan fingerprint density at radius 3 is 2.70 bits per heavy atom. The number of benzene rings is 1. The van der Waals surface area contributed by atoms with Gasteiger partial charge in [-0.1, -0.05) is 26.0 Å². The molecular formula is C27H30FN3O5S. The predicted molar refractivity (Wildman–Crippen MR) is 136 cm³/mol. The van der Waals surface area contributed by atoms with Gasteiger partial charge in [0.25, 0.3) is 0 Å². The second-order valence-corrected chi connectivity index (χ2v) is 11.7. The van der Waals surface area contributed by atoms with Crippen LogP contribution in [0, 0.1) is 11.7 Å². The molecule has 1 saturated heterocycles. The second-order valence-electron chi connectivity index (χ2n) is 9.72. The molecule has 8 nitrogen and oxygen atoms in total. The lowest BCUT2D eigenvalue weighted by atomic mass is 9.86. The zero-order chi connectivity index (χ0) is 26.9. The molecule has 37 heavy (non-hydrogen) atoms. The van der Waals surface area contributed by atoms with Gasteiger partial charge in [0.15, 0.2) is 15.6 Å². The van der Waals surface area contributed by atoms with E-state index in [1.54, 1.807) is 18.5 Å². The summed E-state index contributed by atoms with van der Waals surface area (Å²) in [6.07, 6.45) is 2.91. The highest BCUT2D eigenvalue weighted by atomic mass is 32.2. The van der Waals surface area contributed by atoms with Crippen LogP contribution in [-0.4, -0.2) is 53.8 Å². The van der Waals surface area contributed by atoms with E-state index in [0.717, 1.165) is 17.9 Å². The molecule has 3 aromatic rings. The van der Waals surface area contributed by atoms with E-state index in [1.165, 1.54) is 30.3 Å². The Morgan fingerprint density at radius 2 is 2.00 bits per heavy atom. The van der Waals surface area contributed by atoms with Crippen molar-refractivity contribution in [3.8, 4) is 11.3 Å². The maximum Gasteiger partial charge on any atom is 0.185 e. The van der Waals surface area contributed by atoms with Crippen LogP contribution in [0.4, 0.5) is 4.39 Å². The number of pyridine rings is 2. The quantitative estimate of drug-likeness (QED) is 0.448. The first-order valence-electron chi connectivity index (χ1n) is 12.0. The molecule has 0 saturated carbocycles. The van der Waals surface area contributed by atoms with Crippen LogP contribution in [0.2, 0.25) is 0 Å². The third kappa shape index (κ3) is 5.93. The zero-order valence-electron chi connectivity index (χ0n) is 20.8. The maximum absolute atomic E-state index is 14.7. The number of carbonyl (C=O) groups is 1. The number of hydrogen-bond donors (Lipinski definition) is 2.